The van der Waals surface area contributed by atoms with Crippen molar-refractivity contribution >= 4 is 29.6 Å². The predicted molar refractivity (Wildman–Crippen MR) is 133 cm³/mol. The molecule has 0 aliphatic carbocycles. The average Bonchev–Trinajstić information content (AvgIpc) is 3.12. The van der Waals surface area contributed by atoms with Crippen LogP contribution in [-0.2, 0) is 9.59 Å². The third-order valence-corrected chi connectivity index (χ3v) is 8.75. The highest BCUT2D eigenvalue weighted by molar-refractivity contribution is 8.00. The van der Waals surface area contributed by atoms with Crippen LogP contribution in [0.25, 0.3) is 0 Å². The first-order valence-electron chi connectivity index (χ1n) is 11.9. The van der Waals surface area contributed by atoms with Crippen LogP contribution >= 0.6 is 11.8 Å². The second kappa shape index (κ2) is 12.8. The number of thioether (sulfide) groups is 1. The van der Waals surface area contributed by atoms with Crippen LogP contribution < -0.4 is 27.2 Å². The molecule has 0 spiro atoms. The maximum Gasteiger partial charge on any atom is 0.315 e. The molecule has 0 radical (unpaired) electrons. The number of hydrogen-bond donors (Lipinski definition) is 5. The van der Waals surface area contributed by atoms with E-state index in [-0.39, 0.29) is 28.6 Å². The summed E-state index contributed by atoms with van der Waals surface area (Å²) in [6.07, 6.45) is 4.84. The molecule has 2 aliphatic heterocycles. The molecule has 2 saturated heterocycles. The summed E-state index contributed by atoms with van der Waals surface area (Å²) >= 11 is 1.75. The van der Waals surface area contributed by atoms with Gasteiger partial charge in [-0.25, -0.2) is 10.6 Å². The number of carbonyl (C=O) groups is 3. The normalized spacial score (nSPS) is 26.3. The zero-order chi connectivity index (χ0) is 24.5. The minimum absolute atomic E-state index is 0.0498. The largest absolute Gasteiger partial charge is 0.356 e. The Morgan fingerprint density at radius 1 is 1.03 bits per heavy atom. The van der Waals surface area contributed by atoms with Gasteiger partial charge in [0.05, 0.1) is 11.1 Å². The van der Waals surface area contributed by atoms with E-state index in [9.17, 15) is 14.4 Å². The van der Waals surface area contributed by atoms with Gasteiger partial charge in [0.2, 0.25) is 11.8 Å². The fourth-order valence-electron chi connectivity index (χ4n) is 4.49. The Morgan fingerprint density at radius 2 is 1.64 bits per heavy atom. The maximum absolute atomic E-state index is 12.5. The number of unbranched alkanes of at least 4 members (excludes halogenated alkanes) is 1. The van der Waals surface area contributed by atoms with Crippen LogP contribution in [0.4, 0.5) is 4.79 Å². The summed E-state index contributed by atoms with van der Waals surface area (Å²) in [7, 11) is 4.19. The minimum Gasteiger partial charge on any atom is -0.356 e. The van der Waals surface area contributed by atoms with Crippen LogP contribution in [0, 0.1) is 0 Å². The van der Waals surface area contributed by atoms with Crippen LogP contribution in [-0.4, -0.2) is 96.5 Å². The molecule has 11 heteroatoms. The lowest BCUT2D eigenvalue weighted by Gasteiger charge is -2.35. The molecule has 10 nitrogen and oxygen atoms in total. The zero-order valence-electron chi connectivity index (χ0n) is 20.7. The number of nitrogens with two attached hydrogens (primary N) is 1. The predicted octanol–water partition coefficient (Wildman–Crippen LogP) is 0.242. The van der Waals surface area contributed by atoms with Gasteiger partial charge in [0.15, 0.2) is 0 Å². The highest BCUT2D eigenvalue weighted by Gasteiger charge is 2.61. The van der Waals surface area contributed by atoms with Crippen molar-refractivity contribution in [3.8, 4) is 0 Å². The number of rotatable bonds is 15. The minimum atomic E-state index is -0.403. The molecular weight excluding hydrogens is 442 g/mol. The van der Waals surface area contributed by atoms with Crippen LogP contribution in [0.1, 0.15) is 52.4 Å². The molecule has 2 heterocycles. The molecule has 2 fully saturated rings. The van der Waals surface area contributed by atoms with Gasteiger partial charge in [0, 0.05) is 30.4 Å². The Hall–Kier alpha value is -1.56. The van der Waals surface area contributed by atoms with Crippen molar-refractivity contribution in [3.05, 3.63) is 0 Å². The summed E-state index contributed by atoms with van der Waals surface area (Å²) in [5.41, 5.74) is 1.45. The third kappa shape index (κ3) is 8.01. The van der Waals surface area contributed by atoms with E-state index < -0.39 is 5.54 Å². The van der Waals surface area contributed by atoms with Crippen molar-refractivity contribution in [1.29, 1.82) is 0 Å². The molecule has 33 heavy (non-hydrogen) atoms. The molecule has 0 aromatic rings. The van der Waals surface area contributed by atoms with Gasteiger partial charge >= 0.3 is 6.03 Å². The van der Waals surface area contributed by atoms with Crippen LogP contribution in [0.3, 0.4) is 0 Å². The number of nitrogens with one attached hydrogen (secondary N) is 4. The quantitative estimate of drug-likeness (QED) is 0.0738. The second-order valence-corrected chi connectivity index (χ2v) is 11.0. The molecule has 6 N–H and O–H groups in total. The van der Waals surface area contributed by atoms with Crippen molar-refractivity contribution in [1.82, 2.24) is 31.2 Å². The van der Waals surface area contributed by atoms with E-state index in [4.69, 9.17) is 5.84 Å². The van der Waals surface area contributed by atoms with E-state index in [1.807, 2.05) is 13.8 Å². The molecule has 0 saturated carbocycles. The van der Waals surface area contributed by atoms with E-state index in [1.165, 1.54) is 0 Å². The van der Waals surface area contributed by atoms with Gasteiger partial charge in [-0.2, -0.15) is 11.8 Å². The summed E-state index contributed by atoms with van der Waals surface area (Å²) in [5.74, 6) is 5.83. The standard InChI is InChI=1S/C22H43N7O3S/c1-21-16-33-17(22(21,2)26-20(32)25-21)15-19(31)24-10-8-14-29(4)12-6-5-11-28(3)13-7-9-18(30)27-23/h17H,5-16,23H2,1-4H3,(H,24,31)(H,27,30)(H2,25,26,32)/t17-,21-,22+/m0/s1. The molecule has 0 aromatic carbocycles. The summed E-state index contributed by atoms with van der Waals surface area (Å²) < 4.78 is 0. The fourth-order valence-corrected chi connectivity index (χ4v) is 6.32. The van der Waals surface area contributed by atoms with Gasteiger partial charge in [-0.1, -0.05) is 0 Å². The van der Waals surface area contributed by atoms with Crippen molar-refractivity contribution in [2.75, 3.05) is 52.6 Å². The second-order valence-electron chi connectivity index (χ2n) is 9.81. The lowest BCUT2D eigenvalue weighted by molar-refractivity contribution is -0.122. The van der Waals surface area contributed by atoms with E-state index in [2.05, 4.69) is 45.3 Å². The van der Waals surface area contributed by atoms with E-state index in [0.717, 1.165) is 57.6 Å². The van der Waals surface area contributed by atoms with Crippen molar-refractivity contribution in [3.63, 3.8) is 0 Å². The summed E-state index contributed by atoms with van der Waals surface area (Å²) in [6.45, 7) is 8.63. The van der Waals surface area contributed by atoms with E-state index in [1.54, 1.807) is 11.8 Å². The molecule has 0 unspecified atom stereocenters. The first kappa shape index (κ1) is 27.7. The fraction of sp³-hybridized carbons (Fsp3) is 0.864. The Kier molecular flexibility index (Phi) is 10.7. The number of fused-ring (bicyclic) bond motifs is 1. The zero-order valence-corrected chi connectivity index (χ0v) is 21.5. The molecule has 2 rings (SSSR count). The van der Waals surface area contributed by atoms with Crippen molar-refractivity contribution in [2.24, 2.45) is 5.84 Å². The maximum atomic E-state index is 12.5. The van der Waals surface area contributed by atoms with Gasteiger partial charge < -0.3 is 25.8 Å². The lowest BCUT2D eigenvalue weighted by Crippen LogP contribution is -2.59. The van der Waals surface area contributed by atoms with Gasteiger partial charge in [-0.05, 0) is 79.8 Å². The summed E-state index contributed by atoms with van der Waals surface area (Å²) in [4.78, 5) is 40.0. The summed E-state index contributed by atoms with van der Waals surface area (Å²) in [6, 6.07) is -0.142. The highest BCUT2D eigenvalue weighted by Crippen LogP contribution is 2.46. The SMILES string of the molecule is CN(CCCCN(C)CCCC(=O)NN)CCCNC(=O)C[C@@H]1SC[C@]2(C)NC(=O)N[C@]12C. The molecular formula is C22H43N7O3S. The number of nitrogens with zero attached hydrogens (tertiary/aromatic N) is 2. The van der Waals surface area contributed by atoms with Crippen LogP contribution in [0.2, 0.25) is 0 Å². The van der Waals surface area contributed by atoms with Gasteiger partial charge in [-0.3, -0.25) is 15.0 Å². The Balaban J connectivity index is 1.50. The molecule has 190 valence electrons. The number of amides is 4. The number of hydrogen-bond acceptors (Lipinski definition) is 7. The van der Waals surface area contributed by atoms with Gasteiger partial charge in [0.25, 0.3) is 0 Å². The lowest BCUT2D eigenvalue weighted by atomic mass is 9.79. The Bertz CT molecular complexity index is 682. The summed E-state index contributed by atoms with van der Waals surface area (Å²) in [5, 5.41) is 9.16. The van der Waals surface area contributed by atoms with Crippen molar-refractivity contribution in [2.45, 2.75) is 68.7 Å². The van der Waals surface area contributed by atoms with Gasteiger partial charge in [0.1, 0.15) is 0 Å². The molecule has 2 aliphatic rings. The van der Waals surface area contributed by atoms with Crippen LogP contribution in [0.15, 0.2) is 0 Å². The molecule has 0 bridgehead atoms. The Morgan fingerprint density at radius 3 is 2.27 bits per heavy atom. The first-order chi connectivity index (χ1) is 15.6. The molecule has 0 aromatic heterocycles. The Labute approximate surface area is 202 Å². The number of carbonyl (C=O) groups excluding carboxylic acids is 3. The third-order valence-electron chi connectivity index (χ3n) is 6.97. The van der Waals surface area contributed by atoms with Crippen molar-refractivity contribution < 1.29 is 14.4 Å². The molecule has 4 amide bonds. The highest BCUT2D eigenvalue weighted by atomic mass is 32.2. The first-order valence-corrected chi connectivity index (χ1v) is 13.0. The van der Waals surface area contributed by atoms with E-state index in [0.29, 0.717) is 19.4 Å². The monoisotopic (exact) mass is 485 g/mol. The van der Waals surface area contributed by atoms with Crippen LogP contribution in [0.5, 0.6) is 0 Å². The number of urea groups is 1. The average molecular weight is 486 g/mol. The molecule has 3 atom stereocenters. The number of hydrazine groups is 1. The van der Waals surface area contributed by atoms with E-state index >= 15 is 0 Å². The van der Waals surface area contributed by atoms with Gasteiger partial charge in [-0.15, -0.1) is 0 Å². The topological polar surface area (TPSA) is 132 Å². The smallest absolute Gasteiger partial charge is 0.315 e.